The Morgan fingerprint density at radius 2 is 1.76 bits per heavy atom. The number of aromatic nitrogens is 2. The van der Waals surface area contributed by atoms with Gasteiger partial charge in [0.2, 0.25) is 5.91 Å². The van der Waals surface area contributed by atoms with E-state index >= 15 is 0 Å². The summed E-state index contributed by atoms with van der Waals surface area (Å²) in [6.45, 7) is 4.57. The minimum atomic E-state index is -0.0768. The number of amides is 1. The van der Waals surface area contributed by atoms with Crippen LogP contribution >= 0.6 is 0 Å². The predicted octanol–water partition coefficient (Wildman–Crippen LogP) is 4.46. The molecule has 0 bridgehead atoms. The van der Waals surface area contributed by atoms with Gasteiger partial charge in [-0.3, -0.25) is 4.79 Å². The molecule has 8 heteroatoms. The van der Waals surface area contributed by atoms with Crippen LogP contribution in [0.1, 0.15) is 25.3 Å². The second-order valence-electron chi connectivity index (χ2n) is 8.39. The first-order chi connectivity index (χ1) is 16.7. The van der Waals surface area contributed by atoms with Crippen molar-refractivity contribution in [2.75, 3.05) is 36.5 Å². The van der Waals surface area contributed by atoms with Crippen molar-refractivity contribution in [2.24, 2.45) is 5.92 Å². The minimum absolute atomic E-state index is 0.0166. The zero-order valence-electron chi connectivity index (χ0n) is 19.2. The second-order valence-corrected chi connectivity index (χ2v) is 8.39. The molecule has 8 nitrogen and oxygen atoms in total. The van der Waals surface area contributed by atoms with E-state index in [9.17, 15) is 4.79 Å². The van der Waals surface area contributed by atoms with E-state index in [4.69, 9.17) is 14.2 Å². The number of ether oxygens (including phenoxy) is 3. The van der Waals surface area contributed by atoms with E-state index in [1.165, 1.54) is 5.56 Å². The number of carbonyl (C=O) groups excluding carboxylic acids is 1. The van der Waals surface area contributed by atoms with E-state index in [2.05, 4.69) is 39.2 Å². The number of piperidine rings is 1. The van der Waals surface area contributed by atoms with Gasteiger partial charge in [-0.1, -0.05) is 19.1 Å². The Morgan fingerprint density at radius 1 is 1.03 bits per heavy atom. The largest absolute Gasteiger partial charge is 0.486 e. The van der Waals surface area contributed by atoms with Crippen LogP contribution in [0.2, 0.25) is 0 Å². The zero-order chi connectivity index (χ0) is 23.3. The summed E-state index contributed by atoms with van der Waals surface area (Å²) in [7, 11) is 0. The Bertz CT molecular complexity index is 1140. The van der Waals surface area contributed by atoms with E-state index in [1.807, 2.05) is 30.3 Å². The maximum absolute atomic E-state index is 12.9. The van der Waals surface area contributed by atoms with E-state index in [-0.39, 0.29) is 11.8 Å². The number of benzene rings is 2. The molecule has 2 aromatic carbocycles. The molecule has 2 aliphatic heterocycles. The highest BCUT2D eigenvalue weighted by Gasteiger charge is 2.28. The smallest absolute Gasteiger partial charge is 0.263 e. The van der Waals surface area contributed by atoms with Crippen LogP contribution in [0.15, 0.2) is 54.9 Å². The van der Waals surface area contributed by atoms with E-state index in [0.29, 0.717) is 49.5 Å². The highest BCUT2D eigenvalue weighted by atomic mass is 16.6. The average Bonchev–Trinajstić information content (AvgIpc) is 2.89. The van der Waals surface area contributed by atoms with Gasteiger partial charge in [0.15, 0.2) is 17.3 Å². The van der Waals surface area contributed by atoms with Gasteiger partial charge in [-0.2, -0.15) is 0 Å². The fourth-order valence-corrected chi connectivity index (χ4v) is 4.23. The van der Waals surface area contributed by atoms with Gasteiger partial charge in [0.05, 0.1) is 0 Å². The summed E-state index contributed by atoms with van der Waals surface area (Å²) in [5.41, 5.74) is 1.97. The summed E-state index contributed by atoms with van der Waals surface area (Å²) in [6, 6.07) is 13.5. The summed E-state index contributed by atoms with van der Waals surface area (Å²) >= 11 is 0. The normalized spacial score (nSPS) is 15.6. The second kappa shape index (κ2) is 9.99. The molecule has 1 saturated heterocycles. The van der Waals surface area contributed by atoms with E-state index in [0.717, 1.165) is 30.7 Å². The summed E-state index contributed by atoms with van der Waals surface area (Å²) in [4.78, 5) is 24.0. The van der Waals surface area contributed by atoms with Crippen molar-refractivity contribution in [1.29, 1.82) is 0 Å². The molecule has 34 heavy (non-hydrogen) atoms. The van der Waals surface area contributed by atoms with Crippen molar-refractivity contribution in [3.63, 3.8) is 0 Å². The van der Waals surface area contributed by atoms with Crippen LogP contribution in [0.4, 0.5) is 11.5 Å². The lowest BCUT2D eigenvalue weighted by Gasteiger charge is -2.32. The van der Waals surface area contributed by atoms with Crippen molar-refractivity contribution in [3.8, 4) is 23.1 Å². The molecule has 3 heterocycles. The third-order valence-electron chi connectivity index (χ3n) is 6.17. The molecule has 1 aromatic heterocycles. The standard InChI is InChI=1S/C26H28N4O4/c1-2-18-3-6-21(7-4-18)34-26-24(27-11-12-28-26)30-13-9-19(10-14-30)25(31)29-20-5-8-22-23(17-20)33-16-15-32-22/h3-8,11-12,17,19H,2,9-10,13-16H2,1H3,(H,29,31). The van der Waals surface area contributed by atoms with Gasteiger partial charge in [-0.05, 0) is 49.1 Å². The Labute approximate surface area is 198 Å². The number of anilines is 2. The Kier molecular flexibility index (Phi) is 6.46. The van der Waals surface area contributed by atoms with Crippen molar-refractivity contribution >= 4 is 17.4 Å². The van der Waals surface area contributed by atoms with Crippen LogP contribution in [0.25, 0.3) is 0 Å². The molecule has 0 saturated carbocycles. The number of carbonyl (C=O) groups is 1. The monoisotopic (exact) mass is 460 g/mol. The number of nitrogens with zero attached hydrogens (tertiary/aromatic N) is 3. The molecule has 1 N–H and O–H groups in total. The molecule has 0 atom stereocenters. The third-order valence-corrected chi connectivity index (χ3v) is 6.17. The predicted molar refractivity (Wildman–Crippen MR) is 129 cm³/mol. The lowest BCUT2D eigenvalue weighted by molar-refractivity contribution is -0.120. The van der Waals surface area contributed by atoms with Gasteiger partial charge >= 0.3 is 0 Å². The molecule has 0 aliphatic carbocycles. The SMILES string of the molecule is CCc1ccc(Oc2nccnc2N2CCC(C(=O)Nc3ccc4c(c3)OCCO4)CC2)cc1. The lowest BCUT2D eigenvalue weighted by atomic mass is 9.96. The van der Waals surface area contributed by atoms with Gasteiger partial charge in [0, 0.05) is 43.2 Å². The van der Waals surface area contributed by atoms with Crippen molar-refractivity contribution in [3.05, 3.63) is 60.4 Å². The quantitative estimate of drug-likeness (QED) is 0.581. The minimum Gasteiger partial charge on any atom is -0.486 e. The summed E-state index contributed by atoms with van der Waals surface area (Å²) in [5, 5.41) is 3.02. The van der Waals surface area contributed by atoms with Crippen LogP contribution in [0, 0.1) is 5.92 Å². The molecule has 0 unspecified atom stereocenters. The fraction of sp³-hybridized carbons (Fsp3) is 0.346. The maximum atomic E-state index is 12.9. The molecule has 5 rings (SSSR count). The van der Waals surface area contributed by atoms with Gasteiger partial charge in [-0.15, -0.1) is 0 Å². The van der Waals surface area contributed by atoms with Crippen molar-refractivity contribution < 1.29 is 19.0 Å². The van der Waals surface area contributed by atoms with Crippen molar-refractivity contribution in [1.82, 2.24) is 9.97 Å². The van der Waals surface area contributed by atoms with Crippen LogP contribution < -0.4 is 24.4 Å². The maximum Gasteiger partial charge on any atom is 0.263 e. The Balaban J connectivity index is 1.20. The Hall–Kier alpha value is -3.81. The van der Waals surface area contributed by atoms with Gasteiger partial charge in [0.1, 0.15) is 19.0 Å². The van der Waals surface area contributed by atoms with Gasteiger partial charge in [0.25, 0.3) is 5.88 Å². The highest BCUT2D eigenvalue weighted by molar-refractivity contribution is 5.93. The summed E-state index contributed by atoms with van der Waals surface area (Å²) in [6.07, 6.45) is 5.72. The molecule has 3 aromatic rings. The number of aryl methyl sites for hydroxylation is 1. The van der Waals surface area contributed by atoms with Crippen LogP contribution in [0.3, 0.4) is 0 Å². The molecule has 2 aliphatic rings. The van der Waals surface area contributed by atoms with E-state index in [1.54, 1.807) is 12.4 Å². The molecule has 0 spiro atoms. The van der Waals surface area contributed by atoms with Crippen LogP contribution in [-0.2, 0) is 11.2 Å². The molecule has 176 valence electrons. The molecule has 1 fully saturated rings. The number of nitrogens with one attached hydrogen (secondary N) is 1. The molecular weight excluding hydrogens is 432 g/mol. The number of hydrogen-bond acceptors (Lipinski definition) is 7. The molecular formula is C26H28N4O4. The van der Waals surface area contributed by atoms with Gasteiger partial charge < -0.3 is 24.4 Å². The lowest BCUT2D eigenvalue weighted by Crippen LogP contribution is -2.38. The number of rotatable bonds is 6. The topological polar surface area (TPSA) is 85.8 Å². The van der Waals surface area contributed by atoms with Crippen LogP contribution in [-0.4, -0.2) is 42.2 Å². The fourth-order valence-electron chi connectivity index (χ4n) is 4.23. The third kappa shape index (κ3) is 4.90. The van der Waals surface area contributed by atoms with Crippen LogP contribution in [0.5, 0.6) is 23.1 Å². The first-order valence-corrected chi connectivity index (χ1v) is 11.7. The Morgan fingerprint density at radius 3 is 2.53 bits per heavy atom. The summed E-state index contributed by atoms with van der Waals surface area (Å²) in [5.74, 6) is 3.22. The highest BCUT2D eigenvalue weighted by Crippen LogP contribution is 2.34. The number of fused-ring (bicyclic) bond motifs is 1. The first-order valence-electron chi connectivity index (χ1n) is 11.7. The molecule has 1 amide bonds. The van der Waals surface area contributed by atoms with Crippen molar-refractivity contribution in [2.45, 2.75) is 26.2 Å². The number of hydrogen-bond donors (Lipinski definition) is 1. The van der Waals surface area contributed by atoms with Gasteiger partial charge in [-0.25, -0.2) is 9.97 Å². The zero-order valence-corrected chi connectivity index (χ0v) is 19.2. The van der Waals surface area contributed by atoms with E-state index < -0.39 is 0 Å². The first kappa shape index (κ1) is 22.0. The average molecular weight is 461 g/mol. The summed E-state index contributed by atoms with van der Waals surface area (Å²) < 4.78 is 17.2. The molecule has 0 radical (unpaired) electrons.